The zero-order valence-electron chi connectivity index (χ0n) is 38.5. The van der Waals surface area contributed by atoms with Crippen molar-refractivity contribution < 1.29 is 0 Å². The third kappa shape index (κ3) is 7.08. The molecule has 0 fully saturated rings. The van der Waals surface area contributed by atoms with Crippen molar-refractivity contribution in [2.24, 2.45) is 0 Å². The van der Waals surface area contributed by atoms with Crippen molar-refractivity contribution in [1.29, 1.82) is 0 Å². The van der Waals surface area contributed by atoms with Crippen LogP contribution in [-0.2, 0) is 0 Å². The number of nitrogens with zero attached hydrogens (tertiary/aromatic N) is 8. The fourth-order valence-corrected chi connectivity index (χ4v) is 10.3. The number of pyridine rings is 2. The van der Waals surface area contributed by atoms with Crippen molar-refractivity contribution >= 4 is 53.9 Å². The lowest BCUT2D eigenvalue weighted by Gasteiger charge is -2.17. The number of benzene rings is 10. The lowest BCUT2D eigenvalue weighted by atomic mass is 9.89. The zero-order valence-corrected chi connectivity index (χ0v) is 38.5. The summed E-state index contributed by atoms with van der Waals surface area (Å²) < 4.78 is 0. The van der Waals surface area contributed by atoms with E-state index in [1.165, 1.54) is 0 Å². The first kappa shape index (κ1) is 41.1. The Morgan fingerprint density at radius 1 is 0.222 bits per heavy atom. The molecule has 0 aliphatic carbocycles. The lowest BCUT2D eigenvalue weighted by Crippen LogP contribution is -2.02. The van der Waals surface area contributed by atoms with Gasteiger partial charge in [-0.2, -0.15) is 0 Å². The molecule has 14 rings (SSSR count). The highest BCUT2D eigenvalue weighted by molar-refractivity contribution is 6.27. The van der Waals surface area contributed by atoms with Crippen molar-refractivity contribution in [1.82, 2.24) is 39.9 Å². The fourth-order valence-electron chi connectivity index (χ4n) is 10.3. The third-order valence-electron chi connectivity index (χ3n) is 13.7. The summed E-state index contributed by atoms with van der Waals surface area (Å²) in [5.41, 5.74) is 9.52. The van der Waals surface area contributed by atoms with Crippen LogP contribution in [0.1, 0.15) is 0 Å². The molecule has 0 aliphatic rings. The average molecular weight is 919 g/mol. The van der Waals surface area contributed by atoms with Gasteiger partial charge < -0.3 is 0 Å². The van der Waals surface area contributed by atoms with Gasteiger partial charge in [-0.1, -0.05) is 170 Å². The minimum Gasteiger partial charge on any atom is -0.264 e. The number of fused-ring (bicyclic) bond motifs is 2. The first-order valence-electron chi connectivity index (χ1n) is 23.9. The highest BCUT2D eigenvalue weighted by Crippen LogP contribution is 2.43. The second-order valence-corrected chi connectivity index (χ2v) is 18.0. The van der Waals surface area contributed by atoms with E-state index >= 15 is 0 Å². The molecule has 0 atom stereocenters. The topological polar surface area (TPSA) is 103 Å². The van der Waals surface area contributed by atoms with Crippen LogP contribution in [0.2, 0.25) is 0 Å². The molecule has 4 aromatic heterocycles. The van der Waals surface area contributed by atoms with Crippen LogP contribution in [0.4, 0.5) is 0 Å². The van der Waals surface area contributed by atoms with Crippen molar-refractivity contribution in [2.75, 3.05) is 0 Å². The maximum atomic E-state index is 5.35. The van der Waals surface area contributed by atoms with Gasteiger partial charge in [-0.05, 0) is 101 Å². The van der Waals surface area contributed by atoms with Crippen molar-refractivity contribution in [3.05, 3.63) is 231 Å². The monoisotopic (exact) mass is 918 g/mol. The normalized spacial score (nSPS) is 11.6. The predicted octanol–water partition coefficient (Wildman–Crippen LogP) is 15.4. The van der Waals surface area contributed by atoms with E-state index < -0.39 is 0 Å². The van der Waals surface area contributed by atoms with Crippen molar-refractivity contribution in [3.8, 4) is 90.6 Å². The molecule has 0 saturated heterocycles. The summed E-state index contributed by atoms with van der Waals surface area (Å²) in [7, 11) is 0. The van der Waals surface area contributed by atoms with Gasteiger partial charge in [0.2, 0.25) is 0 Å². The Balaban J connectivity index is 0.974. The zero-order chi connectivity index (χ0) is 47.5. The molecule has 0 amide bonds. The molecule has 72 heavy (non-hydrogen) atoms. The van der Waals surface area contributed by atoms with Crippen LogP contribution in [-0.4, -0.2) is 39.9 Å². The summed E-state index contributed by atoms with van der Waals surface area (Å²) in [4.78, 5) is 40.5. The minimum absolute atomic E-state index is 0.569. The molecule has 0 bridgehead atoms. The Morgan fingerprint density at radius 2 is 0.583 bits per heavy atom. The molecule has 0 spiro atoms. The van der Waals surface area contributed by atoms with Crippen molar-refractivity contribution in [3.63, 3.8) is 0 Å². The quantitative estimate of drug-likeness (QED) is 0.139. The van der Waals surface area contributed by atoms with E-state index in [1.807, 2.05) is 36.7 Å². The molecule has 14 aromatic rings. The van der Waals surface area contributed by atoms with Gasteiger partial charge in [0.25, 0.3) is 0 Å². The maximum Gasteiger partial charge on any atom is 0.164 e. The van der Waals surface area contributed by atoms with E-state index in [4.69, 9.17) is 29.9 Å². The molecule has 8 heteroatoms. The highest BCUT2D eigenvalue weighted by atomic mass is 15.0. The molecular weight excluding hydrogens is 881 g/mol. The van der Waals surface area contributed by atoms with Gasteiger partial charge in [-0.25, -0.2) is 29.9 Å². The Hall–Kier alpha value is -9.92. The molecule has 0 aliphatic heterocycles. The number of hydrogen-bond acceptors (Lipinski definition) is 8. The molecule has 0 saturated carbocycles. The van der Waals surface area contributed by atoms with E-state index in [1.54, 1.807) is 12.4 Å². The Bertz CT molecular complexity index is 4200. The van der Waals surface area contributed by atoms with Gasteiger partial charge in [0.05, 0.1) is 0 Å². The third-order valence-corrected chi connectivity index (χ3v) is 13.7. The van der Waals surface area contributed by atoms with Crippen LogP contribution in [0.25, 0.3) is 144 Å². The predicted molar refractivity (Wildman–Crippen MR) is 291 cm³/mol. The second-order valence-electron chi connectivity index (χ2n) is 18.0. The maximum absolute atomic E-state index is 5.35. The van der Waals surface area contributed by atoms with Crippen LogP contribution in [0.3, 0.4) is 0 Å². The van der Waals surface area contributed by atoms with Gasteiger partial charge in [-0.15, -0.1) is 0 Å². The largest absolute Gasteiger partial charge is 0.264 e. The fraction of sp³-hybridized carbons (Fsp3) is 0. The van der Waals surface area contributed by atoms with E-state index in [9.17, 15) is 0 Å². The smallest absolute Gasteiger partial charge is 0.164 e. The molecule has 334 valence electrons. The second kappa shape index (κ2) is 16.9. The summed E-state index contributed by atoms with van der Waals surface area (Å²) in [6, 6.07) is 71.5. The first-order valence-corrected chi connectivity index (χ1v) is 23.9. The Labute approximate surface area is 413 Å². The summed E-state index contributed by atoms with van der Waals surface area (Å²) in [5.74, 6) is 3.54. The molecule has 0 radical (unpaired) electrons. The summed E-state index contributed by atoms with van der Waals surface area (Å²) >= 11 is 0. The van der Waals surface area contributed by atoms with Gasteiger partial charge in [0, 0.05) is 69.3 Å². The molecule has 0 unspecified atom stereocenters. The summed E-state index contributed by atoms with van der Waals surface area (Å²) in [5, 5.41) is 10.9. The van der Waals surface area contributed by atoms with Gasteiger partial charge in [0.1, 0.15) is 0 Å². The summed E-state index contributed by atoms with van der Waals surface area (Å²) in [6.45, 7) is 0. The minimum atomic E-state index is 0.569. The number of hydrogen-bond donors (Lipinski definition) is 0. The van der Waals surface area contributed by atoms with Crippen LogP contribution in [0.15, 0.2) is 231 Å². The lowest BCUT2D eigenvalue weighted by molar-refractivity contribution is 1.08. The van der Waals surface area contributed by atoms with Gasteiger partial charge >= 0.3 is 0 Å². The highest BCUT2D eigenvalue weighted by Gasteiger charge is 2.22. The average Bonchev–Trinajstić information content (AvgIpc) is 3.46. The number of rotatable bonds is 8. The first-order chi connectivity index (χ1) is 35.7. The SMILES string of the molecule is c1cncc(-c2cccc(-c3nc(-c4cccc(-c5cccnc5)c4)nc(-c4ccc5ccc6c(-c7nc(-c8cccc9ccccc89)nc(-c8cccc9ccccc89)n7)ccc7ccc4c5c76)n3)c2)c1. The van der Waals surface area contributed by atoms with Crippen LogP contribution >= 0.6 is 0 Å². The van der Waals surface area contributed by atoms with Gasteiger partial charge in [0.15, 0.2) is 34.9 Å². The van der Waals surface area contributed by atoms with Crippen LogP contribution in [0, 0.1) is 0 Å². The summed E-state index contributed by atoms with van der Waals surface area (Å²) in [6.07, 6.45) is 7.32. The molecule has 8 nitrogen and oxygen atoms in total. The van der Waals surface area contributed by atoms with Crippen LogP contribution < -0.4 is 0 Å². The Morgan fingerprint density at radius 3 is 1.04 bits per heavy atom. The van der Waals surface area contributed by atoms with E-state index in [0.29, 0.717) is 34.9 Å². The molecule has 10 aromatic carbocycles. The molecular formula is C64H38N8. The molecule has 0 N–H and O–H groups in total. The number of aromatic nitrogens is 8. The van der Waals surface area contributed by atoms with Gasteiger partial charge in [-0.3, -0.25) is 9.97 Å². The van der Waals surface area contributed by atoms with E-state index in [0.717, 1.165) is 109 Å². The van der Waals surface area contributed by atoms with Crippen molar-refractivity contribution in [2.45, 2.75) is 0 Å². The van der Waals surface area contributed by atoms with E-state index in [2.05, 4.69) is 192 Å². The molecule has 4 heterocycles. The van der Waals surface area contributed by atoms with E-state index in [-0.39, 0.29) is 0 Å². The standard InChI is InChI=1S/C64H38N8/c1-3-21-49-39(11-1)13-7-23-53(49)61-70-62(54-24-8-14-40-12-2-4-22-50(40)54)72-64(71-61)56-32-28-42-25-29-51-55(31-27-41-26-30-52(56)58(42)57(41)51)63-68-59(45-17-5-15-43(35-45)47-19-9-33-65-37-47)67-60(69-63)46-18-6-16-44(36-46)48-20-10-34-66-38-48/h1-38H. The Kier molecular flexibility index (Phi) is 9.67. The van der Waals surface area contributed by atoms with Crippen LogP contribution in [0.5, 0.6) is 0 Å².